The van der Waals surface area contributed by atoms with Crippen LogP contribution in [0.3, 0.4) is 0 Å². The van der Waals surface area contributed by atoms with Crippen LogP contribution in [0.15, 0.2) is 0 Å². The molecule has 2 saturated heterocycles. The lowest BCUT2D eigenvalue weighted by atomic mass is 10.2. The first-order valence-corrected chi connectivity index (χ1v) is 13.8. The van der Waals surface area contributed by atoms with Gasteiger partial charge in [-0.15, -0.1) is 0 Å². The minimum Gasteiger partial charge on any atom is -0.354 e. The average molecular weight is 303 g/mol. The van der Waals surface area contributed by atoms with Crippen LogP contribution in [0.5, 0.6) is 0 Å². The lowest BCUT2D eigenvalue weighted by Gasteiger charge is -2.50. The summed E-state index contributed by atoms with van der Waals surface area (Å²) in [6, 6.07) is 0. The van der Waals surface area contributed by atoms with Crippen LogP contribution in [0, 0.1) is 0 Å². The number of rotatable bonds is 4. The van der Waals surface area contributed by atoms with E-state index in [9.17, 15) is 0 Å². The van der Waals surface area contributed by atoms with Crippen molar-refractivity contribution in [3.63, 3.8) is 0 Å². The van der Waals surface area contributed by atoms with Crippen LogP contribution in [-0.2, 0) is 14.2 Å². The van der Waals surface area contributed by atoms with E-state index >= 15 is 0 Å². The Bertz CT molecular complexity index is 254. The quantitative estimate of drug-likeness (QED) is 0.747. The molecule has 0 amide bonds. The van der Waals surface area contributed by atoms with Crippen LogP contribution in [0.2, 0.25) is 26.2 Å². The summed E-state index contributed by atoms with van der Waals surface area (Å²) in [6.45, 7) is 11.1. The Morgan fingerprint density at radius 3 is 1.42 bits per heavy atom. The van der Waals surface area contributed by atoms with Crippen molar-refractivity contribution in [2.24, 2.45) is 0 Å². The molecule has 0 aromatic carbocycles. The molecule has 5 heteroatoms. The maximum atomic E-state index is 6.71. The lowest BCUT2D eigenvalue weighted by Crippen LogP contribution is -2.61. The van der Waals surface area contributed by atoms with Crippen LogP contribution in [0.1, 0.15) is 38.5 Å². The summed E-state index contributed by atoms with van der Waals surface area (Å²) in [5.74, 6) is 0. The molecule has 2 fully saturated rings. The Morgan fingerprint density at radius 1 is 0.737 bits per heavy atom. The van der Waals surface area contributed by atoms with E-state index in [0.717, 1.165) is 26.1 Å². The molecule has 3 nitrogen and oxygen atoms in total. The van der Waals surface area contributed by atoms with E-state index in [1.165, 1.54) is 25.7 Å². The van der Waals surface area contributed by atoms with Gasteiger partial charge in [0.05, 0.1) is 0 Å². The van der Waals surface area contributed by atoms with Gasteiger partial charge < -0.3 is 14.2 Å². The van der Waals surface area contributed by atoms with Crippen LogP contribution in [0.25, 0.3) is 0 Å². The molecule has 0 radical (unpaired) electrons. The zero-order valence-electron chi connectivity index (χ0n) is 13.0. The third-order valence-corrected chi connectivity index (χ3v) is 9.30. The van der Waals surface area contributed by atoms with Gasteiger partial charge in [0.25, 0.3) is 0 Å². The van der Waals surface area contributed by atoms with Gasteiger partial charge in [0.15, 0.2) is 10.8 Å². The highest BCUT2D eigenvalue weighted by Gasteiger charge is 2.49. The van der Waals surface area contributed by atoms with E-state index in [1.54, 1.807) is 0 Å². The molecule has 0 N–H and O–H groups in total. The van der Waals surface area contributed by atoms with Crippen molar-refractivity contribution < 1.29 is 14.2 Å². The van der Waals surface area contributed by atoms with Gasteiger partial charge in [-0.3, -0.25) is 0 Å². The molecule has 2 aliphatic rings. The van der Waals surface area contributed by atoms with Gasteiger partial charge in [0.1, 0.15) is 17.6 Å². The molecule has 0 bridgehead atoms. The van der Waals surface area contributed by atoms with Gasteiger partial charge in [-0.25, -0.2) is 0 Å². The molecule has 2 heterocycles. The van der Waals surface area contributed by atoms with Gasteiger partial charge in [-0.05, 0) is 38.5 Å². The second-order valence-corrected chi connectivity index (χ2v) is 13.0. The second-order valence-electron chi connectivity index (χ2n) is 6.65. The molecule has 112 valence electrons. The van der Waals surface area contributed by atoms with E-state index in [4.69, 9.17) is 14.2 Å². The van der Waals surface area contributed by atoms with Crippen molar-refractivity contribution in [3.8, 4) is 0 Å². The third-order valence-electron chi connectivity index (χ3n) is 4.64. The SMILES string of the molecule is C[SiH](C)C1(OC2([SiH](C)C)CCCCO2)CCCCO1. The Hall–Kier alpha value is 0.314. The highest BCUT2D eigenvalue weighted by molar-refractivity contribution is 6.60. The zero-order chi connectivity index (χ0) is 13.9. The molecule has 0 spiro atoms. The highest BCUT2D eigenvalue weighted by atomic mass is 28.3. The van der Waals surface area contributed by atoms with Crippen LogP contribution in [0.4, 0.5) is 0 Å². The molecule has 0 saturated carbocycles. The molecular weight excluding hydrogens is 272 g/mol. The fourth-order valence-corrected chi connectivity index (χ4v) is 6.65. The zero-order valence-corrected chi connectivity index (χ0v) is 15.3. The summed E-state index contributed by atoms with van der Waals surface area (Å²) < 4.78 is 19.1. The molecule has 0 aromatic heterocycles. The van der Waals surface area contributed by atoms with E-state index < -0.39 is 17.6 Å². The maximum absolute atomic E-state index is 6.71. The van der Waals surface area contributed by atoms with Crippen molar-refractivity contribution in [2.75, 3.05) is 13.2 Å². The normalized spacial score (nSPS) is 36.9. The molecule has 2 rings (SSSR count). The average Bonchev–Trinajstić information content (AvgIpc) is 2.40. The first-order chi connectivity index (χ1) is 9.01. The van der Waals surface area contributed by atoms with Crippen molar-refractivity contribution in [1.82, 2.24) is 0 Å². The largest absolute Gasteiger partial charge is 0.354 e. The number of ether oxygens (including phenoxy) is 3. The predicted octanol–water partition coefficient (Wildman–Crippen LogP) is 2.85. The van der Waals surface area contributed by atoms with E-state index in [-0.39, 0.29) is 10.8 Å². The number of hydrogen-bond acceptors (Lipinski definition) is 3. The molecule has 2 atom stereocenters. The van der Waals surface area contributed by atoms with Crippen LogP contribution < -0.4 is 0 Å². The van der Waals surface area contributed by atoms with Crippen molar-refractivity contribution in [2.45, 2.75) is 75.5 Å². The minimum atomic E-state index is -1.05. The molecule has 2 unspecified atom stereocenters. The molecule has 19 heavy (non-hydrogen) atoms. The molecule has 0 aliphatic carbocycles. The van der Waals surface area contributed by atoms with E-state index in [2.05, 4.69) is 26.2 Å². The predicted molar refractivity (Wildman–Crippen MR) is 83.9 cm³/mol. The van der Waals surface area contributed by atoms with Crippen LogP contribution >= 0.6 is 0 Å². The maximum Gasteiger partial charge on any atom is 0.150 e. The van der Waals surface area contributed by atoms with Gasteiger partial charge in [0.2, 0.25) is 0 Å². The monoisotopic (exact) mass is 302 g/mol. The summed E-state index contributed by atoms with van der Waals surface area (Å²) in [7, 11) is -2.09. The highest BCUT2D eigenvalue weighted by Crippen LogP contribution is 2.38. The fraction of sp³-hybridized carbons (Fsp3) is 1.00. The molecule has 2 aliphatic heterocycles. The minimum absolute atomic E-state index is 0.271. The fourth-order valence-electron chi connectivity index (χ4n) is 3.18. The summed E-state index contributed by atoms with van der Waals surface area (Å²) in [5.41, 5.74) is -0.542. The lowest BCUT2D eigenvalue weighted by molar-refractivity contribution is -0.315. The van der Waals surface area contributed by atoms with Crippen LogP contribution in [-0.4, -0.2) is 41.6 Å². The Balaban J connectivity index is 2.17. The summed E-state index contributed by atoms with van der Waals surface area (Å²) in [6.07, 6.45) is 6.98. The Labute approximate surface area is 121 Å². The standard InChI is InChI=1S/C14H30O3Si2/c1-18(2)13(9-5-7-11-15-13)17-14(19(3)4)10-6-8-12-16-14/h18-19H,5-12H2,1-4H3. The Morgan fingerprint density at radius 2 is 1.16 bits per heavy atom. The first-order valence-electron chi connectivity index (χ1n) is 7.99. The van der Waals surface area contributed by atoms with Gasteiger partial charge in [-0.2, -0.15) is 0 Å². The Kier molecular flexibility index (Phi) is 5.28. The first kappa shape index (κ1) is 15.7. The number of hydrogen-bond donors (Lipinski definition) is 0. The summed E-state index contributed by atoms with van der Waals surface area (Å²) in [5, 5.41) is 0. The van der Waals surface area contributed by atoms with E-state index in [0.29, 0.717) is 0 Å². The van der Waals surface area contributed by atoms with Gasteiger partial charge in [-0.1, -0.05) is 26.2 Å². The molecular formula is C14H30O3Si2. The smallest absolute Gasteiger partial charge is 0.150 e. The van der Waals surface area contributed by atoms with Crippen molar-refractivity contribution in [3.05, 3.63) is 0 Å². The summed E-state index contributed by atoms with van der Waals surface area (Å²) in [4.78, 5) is 0. The van der Waals surface area contributed by atoms with E-state index in [1.807, 2.05) is 0 Å². The summed E-state index contributed by atoms with van der Waals surface area (Å²) >= 11 is 0. The van der Waals surface area contributed by atoms with Gasteiger partial charge >= 0.3 is 0 Å². The van der Waals surface area contributed by atoms with Gasteiger partial charge in [0, 0.05) is 13.2 Å². The molecule has 0 aromatic rings. The van der Waals surface area contributed by atoms with Crippen molar-refractivity contribution in [1.29, 1.82) is 0 Å². The second kappa shape index (κ2) is 6.39. The van der Waals surface area contributed by atoms with Crippen molar-refractivity contribution >= 4 is 17.6 Å². The topological polar surface area (TPSA) is 27.7 Å². The third kappa shape index (κ3) is 3.32.